The van der Waals surface area contributed by atoms with Gasteiger partial charge in [-0.2, -0.15) is 5.26 Å². The smallest absolute Gasteiger partial charge is 0.270 e. The van der Waals surface area contributed by atoms with Gasteiger partial charge in [0.05, 0.1) is 12.3 Å². The predicted octanol–water partition coefficient (Wildman–Crippen LogP) is 2.37. The molecule has 0 saturated carbocycles. The van der Waals surface area contributed by atoms with Crippen LogP contribution in [0.15, 0.2) is 29.1 Å². The van der Waals surface area contributed by atoms with Crippen LogP contribution in [0.3, 0.4) is 0 Å². The Hall–Kier alpha value is -2.39. The van der Waals surface area contributed by atoms with Gasteiger partial charge in [0, 0.05) is 5.56 Å². The van der Waals surface area contributed by atoms with Crippen LogP contribution < -0.4 is 10.3 Å². The molecule has 1 heterocycles. The summed E-state index contributed by atoms with van der Waals surface area (Å²) in [5.41, 5.74) is 0.492. The Morgan fingerprint density at radius 2 is 2.11 bits per heavy atom. The number of H-pyrrole nitrogens is 2. The van der Waals surface area contributed by atoms with Crippen molar-refractivity contribution in [3.05, 3.63) is 45.0 Å². The Balaban J connectivity index is 2.76. The molecule has 0 atom stereocenters. The van der Waals surface area contributed by atoms with Crippen molar-refractivity contribution in [2.24, 2.45) is 0 Å². The number of benzene rings is 1. The molecular weight excluding hydrogens is 262 g/mol. The maximum Gasteiger partial charge on any atom is 0.270 e. The zero-order valence-corrected chi connectivity index (χ0v) is 11.0. The predicted molar refractivity (Wildman–Crippen MR) is 73.6 cm³/mol. The summed E-state index contributed by atoms with van der Waals surface area (Å²) in [6.07, 6.45) is 0. The minimum Gasteiger partial charge on any atom is -0.493 e. The molecule has 6 heteroatoms. The fourth-order valence-electron chi connectivity index (χ4n) is 1.75. The minimum absolute atomic E-state index is 0.0132. The third-order valence-electron chi connectivity index (χ3n) is 2.51. The number of nitriles is 1. The normalized spacial score (nSPS) is 9.89. The first-order valence-corrected chi connectivity index (χ1v) is 6.07. The van der Waals surface area contributed by atoms with Gasteiger partial charge in [0.1, 0.15) is 17.4 Å². The monoisotopic (exact) mass is 273 g/mol. The number of hydrogen-bond donors (Lipinski definition) is 2. The Labute approximate surface area is 114 Å². The second-order valence-corrected chi connectivity index (χ2v) is 4.11. The summed E-state index contributed by atoms with van der Waals surface area (Å²) < 4.78 is 5.67. The molecule has 0 saturated heterocycles. The van der Waals surface area contributed by atoms with E-state index in [2.05, 4.69) is 9.97 Å². The lowest BCUT2D eigenvalue weighted by Gasteiger charge is -2.10. The van der Waals surface area contributed by atoms with Gasteiger partial charge >= 0.3 is 0 Å². The highest BCUT2D eigenvalue weighted by atomic mass is 32.1. The molecule has 0 aliphatic rings. The number of nitrogens with zero attached hydrogens (tertiary/aromatic N) is 1. The van der Waals surface area contributed by atoms with Crippen molar-refractivity contribution in [1.29, 1.82) is 5.26 Å². The average Bonchev–Trinajstić information content (AvgIpc) is 2.39. The molecule has 0 unspecified atom stereocenters. The molecule has 1 aromatic carbocycles. The highest BCUT2D eigenvalue weighted by Crippen LogP contribution is 2.29. The zero-order valence-electron chi connectivity index (χ0n) is 10.2. The van der Waals surface area contributed by atoms with Crippen molar-refractivity contribution in [2.45, 2.75) is 6.92 Å². The van der Waals surface area contributed by atoms with Crippen molar-refractivity contribution < 1.29 is 4.74 Å². The Kier molecular flexibility index (Phi) is 3.78. The molecule has 0 fully saturated rings. The number of rotatable bonds is 3. The van der Waals surface area contributed by atoms with Gasteiger partial charge in [-0.1, -0.05) is 12.1 Å². The fourth-order valence-corrected chi connectivity index (χ4v) is 1.94. The van der Waals surface area contributed by atoms with Crippen molar-refractivity contribution in [2.75, 3.05) is 6.61 Å². The maximum atomic E-state index is 11.7. The Bertz CT molecular complexity index is 755. The summed E-state index contributed by atoms with van der Waals surface area (Å²) in [6.45, 7) is 2.35. The highest BCUT2D eigenvalue weighted by molar-refractivity contribution is 7.71. The first kappa shape index (κ1) is 13.1. The first-order valence-electron chi connectivity index (χ1n) is 5.66. The van der Waals surface area contributed by atoms with Crippen LogP contribution in [-0.2, 0) is 0 Å². The molecule has 2 rings (SSSR count). The Morgan fingerprint density at radius 1 is 1.37 bits per heavy atom. The molecule has 0 amide bonds. The second-order valence-electron chi connectivity index (χ2n) is 3.70. The number of aromatic nitrogens is 2. The van der Waals surface area contributed by atoms with Crippen molar-refractivity contribution in [3.8, 4) is 23.1 Å². The van der Waals surface area contributed by atoms with Crippen LogP contribution in [0, 0.1) is 16.1 Å². The van der Waals surface area contributed by atoms with Crippen LogP contribution in [0.5, 0.6) is 5.75 Å². The van der Waals surface area contributed by atoms with E-state index in [9.17, 15) is 4.79 Å². The molecule has 2 aromatic rings. The third kappa shape index (κ3) is 2.56. The number of nitrogens with one attached hydrogen (secondary N) is 2. The van der Waals surface area contributed by atoms with E-state index >= 15 is 0 Å². The van der Waals surface area contributed by atoms with Gasteiger partial charge in [0.2, 0.25) is 0 Å². The quantitative estimate of drug-likeness (QED) is 0.841. The second kappa shape index (κ2) is 5.50. The standard InChI is InChI=1S/C13H11N3O2S/c1-2-18-10-6-4-3-5-8(10)11-9(7-14)12(17)16-13(19)15-11/h3-6H,2H2,1H3,(H2,15,16,17,19). The van der Waals surface area contributed by atoms with E-state index in [1.807, 2.05) is 19.1 Å². The molecule has 0 spiro atoms. The lowest BCUT2D eigenvalue weighted by molar-refractivity contribution is 0.341. The number of aromatic amines is 2. The van der Waals surface area contributed by atoms with Gasteiger partial charge in [-0.15, -0.1) is 0 Å². The van der Waals surface area contributed by atoms with Gasteiger partial charge in [0.25, 0.3) is 5.56 Å². The fraction of sp³-hybridized carbons (Fsp3) is 0.154. The van der Waals surface area contributed by atoms with E-state index in [1.54, 1.807) is 18.2 Å². The SMILES string of the molecule is CCOc1ccccc1-c1[nH]c(=S)[nH]c(=O)c1C#N. The summed E-state index contributed by atoms with van der Waals surface area (Å²) in [6, 6.07) is 9.05. The van der Waals surface area contributed by atoms with E-state index in [-0.39, 0.29) is 10.3 Å². The van der Waals surface area contributed by atoms with Crippen LogP contribution in [-0.4, -0.2) is 16.6 Å². The molecule has 0 bridgehead atoms. The third-order valence-corrected chi connectivity index (χ3v) is 2.71. The van der Waals surface area contributed by atoms with Crippen LogP contribution in [0.1, 0.15) is 12.5 Å². The first-order chi connectivity index (χ1) is 9.17. The maximum absolute atomic E-state index is 11.7. The summed E-state index contributed by atoms with van der Waals surface area (Å²) in [7, 11) is 0. The van der Waals surface area contributed by atoms with Crippen molar-refractivity contribution >= 4 is 12.2 Å². The minimum atomic E-state index is -0.507. The van der Waals surface area contributed by atoms with E-state index in [1.165, 1.54) is 0 Å². The molecular formula is C13H11N3O2S. The summed E-state index contributed by atoms with van der Waals surface area (Å²) in [5.74, 6) is 0.595. The Morgan fingerprint density at radius 3 is 2.79 bits per heavy atom. The number of ether oxygens (including phenoxy) is 1. The number of hydrogen-bond acceptors (Lipinski definition) is 4. The summed E-state index contributed by atoms with van der Waals surface area (Å²) >= 11 is 4.94. The molecule has 0 aliphatic carbocycles. The molecule has 96 valence electrons. The van der Waals surface area contributed by atoms with E-state index < -0.39 is 5.56 Å². The molecule has 0 radical (unpaired) electrons. The van der Waals surface area contributed by atoms with Crippen LogP contribution >= 0.6 is 12.2 Å². The highest BCUT2D eigenvalue weighted by Gasteiger charge is 2.13. The lowest BCUT2D eigenvalue weighted by atomic mass is 10.1. The zero-order chi connectivity index (χ0) is 13.8. The summed E-state index contributed by atoms with van der Waals surface area (Å²) in [4.78, 5) is 17.0. The molecule has 1 aromatic heterocycles. The van der Waals surface area contributed by atoms with Crippen molar-refractivity contribution in [1.82, 2.24) is 9.97 Å². The van der Waals surface area contributed by atoms with E-state index in [0.717, 1.165) is 0 Å². The van der Waals surface area contributed by atoms with E-state index in [0.29, 0.717) is 23.6 Å². The van der Waals surface area contributed by atoms with Gasteiger partial charge in [-0.25, -0.2) is 0 Å². The van der Waals surface area contributed by atoms with Crippen LogP contribution in [0.25, 0.3) is 11.3 Å². The lowest BCUT2D eigenvalue weighted by Crippen LogP contribution is -2.13. The van der Waals surface area contributed by atoms with Crippen LogP contribution in [0.4, 0.5) is 0 Å². The number of para-hydroxylation sites is 1. The largest absolute Gasteiger partial charge is 0.493 e. The van der Waals surface area contributed by atoms with Gasteiger partial charge in [-0.05, 0) is 31.3 Å². The van der Waals surface area contributed by atoms with Gasteiger partial charge in [-0.3, -0.25) is 9.78 Å². The molecule has 2 N–H and O–H groups in total. The van der Waals surface area contributed by atoms with Gasteiger partial charge < -0.3 is 9.72 Å². The molecule has 0 aliphatic heterocycles. The average molecular weight is 273 g/mol. The van der Waals surface area contributed by atoms with Crippen LogP contribution in [0.2, 0.25) is 0 Å². The van der Waals surface area contributed by atoms with Crippen molar-refractivity contribution in [3.63, 3.8) is 0 Å². The van der Waals surface area contributed by atoms with E-state index in [4.69, 9.17) is 22.2 Å². The van der Waals surface area contributed by atoms with Gasteiger partial charge in [0.15, 0.2) is 4.77 Å². The molecule has 5 nitrogen and oxygen atoms in total. The topological polar surface area (TPSA) is 81.7 Å². The summed E-state index contributed by atoms with van der Waals surface area (Å²) in [5, 5.41) is 9.11. The molecule has 19 heavy (non-hydrogen) atoms.